The number of hydrogen-bond donors (Lipinski definition) is 1. The smallest absolute Gasteiger partial charge is 0.245 e. The lowest BCUT2D eigenvalue weighted by Crippen LogP contribution is -2.48. The molecule has 6 nitrogen and oxygen atoms in total. The standard InChI is InChI=1S/C22H25N5O/c1-25-13-15-26(16-14-25)17-21(28)27(19-5-3-2-4-6-19)20-9-7-18(8-10-20)22-23-11-12-24-22/h2-12H,13-17H2,1H3,(H,23,24). The van der Waals surface area contributed by atoms with Crippen LogP contribution in [0.25, 0.3) is 11.4 Å². The lowest BCUT2D eigenvalue weighted by atomic mass is 10.1. The Morgan fingerprint density at radius 3 is 2.32 bits per heavy atom. The van der Waals surface area contributed by atoms with Gasteiger partial charge in [-0.05, 0) is 43.4 Å². The number of anilines is 2. The zero-order valence-electron chi connectivity index (χ0n) is 16.1. The molecule has 1 aromatic heterocycles. The predicted octanol–water partition coefficient (Wildman–Crippen LogP) is 2.99. The fraction of sp³-hybridized carbons (Fsp3) is 0.273. The number of piperazine rings is 1. The van der Waals surface area contributed by atoms with E-state index in [-0.39, 0.29) is 5.91 Å². The molecule has 1 amide bonds. The van der Waals surface area contributed by atoms with Crippen molar-refractivity contribution in [3.63, 3.8) is 0 Å². The number of nitrogens with one attached hydrogen (secondary N) is 1. The number of hydrogen-bond acceptors (Lipinski definition) is 4. The highest BCUT2D eigenvalue weighted by Gasteiger charge is 2.23. The maximum absolute atomic E-state index is 13.3. The van der Waals surface area contributed by atoms with Gasteiger partial charge in [0.05, 0.1) is 6.54 Å². The monoisotopic (exact) mass is 375 g/mol. The van der Waals surface area contributed by atoms with E-state index in [4.69, 9.17) is 0 Å². The molecule has 2 heterocycles. The van der Waals surface area contributed by atoms with Crippen LogP contribution in [0.5, 0.6) is 0 Å². The van der Waals surface area contributed by atoms with Gasteiger partial charge in [0.2, 0.25) is 5.91 Å². The molecule has 1 saturated heterocycles. The Morgan fingerprint density at radius 2 is 1.68 bits per heavy atom. The molecule has 0 radical (unpaired) electrons. The zero-order chi connectivity index (χ0) is 19.3. The fourth-order valence-corrected chi connectivity index (χ4v) is 3.47. The van der Waals surface area contributed by atoms with Crippen molar-refractivity contribution in [1.82, 2.24) is 19.8 Å². The van der Waals surface area contributed by atoms with E-state index in [0.717, 1.165) is 48.9 Å². The van der Waals surface area contributed by atoms with Crippen molar-refractivity contribution in [2.24, 2.45) is 0 Å². The number of carbonyl (C=O) groups excluding carboxylic acids is 1. The van der Waals surface area contributed by atoms with Crippen LogP contribution in [0.4, 0.5) is 11.4 Å². The second-order valence-electron chi connectivity index (χ2n) is 7.13. The van der Waals surface area contributed by atoms with Crippen molar-refractivity contribution in [1.29, 1.82) is 0 Å². The van der Waals surface area contributed by atoms with E-state index in [1.807, 2.05) is 59.5 Å². The molecule has 3 aromatic rings. The van der Waals surface area contributed by atoms with Gasteiger partial charge in [-0.15, -0.1) is 0 Å². The Bertz CT molecular complexity index is 884. The Labute approximate surface area is 165 Å². The molecule has 6 heteroatoms. The number of likely N-dealkylation sites (N-methyl/N-ethyl adjacent to an activating group) is 1. The fourth-order valence-electron chi connectivity index (χ4n) is 3.47. The molecule has 1 N–H and O–H groups in total. The molecule has 1 aliphatic rings. The van der Waals surface area contributed by atoms with E-state index in [1.54, 1.807) is 12.4 Å². The molecule has 0 saturated carbocycles. The van der Waals surface area contributed by atoms with Crippen LogP contribution in [0.2, 0.25) is 0 Å². The van der Waals surface area contributed by atoms with E-state index in [9.17, 15) is 4.79 Å². The summed E-state index contributed by atoms with van der Waals surface area (Å²) in [5.74, 6) is 0.906. The Hall–Kier alpha value is -2.96. The molecule has 0 spiro atoms. The molecule has 1 fully saturated rings. The van der Waals surface area contributed by atoms with Crippen LogP contribution in [0, 0.1) is 0 Å². The van der Waals surface area contributed by atoms with Gasteiger partial charge in [0.15, 0.2) is 0 Å². The van der Waals surface area contributed by atoms with Gasteiger partial charge in [-0.2, -0.15) is 0 Å². The molecule has 4 rings (SSSR count). The summed E-state index contributed by atoms with van der Waals surface area (Å²) < 4.78 is 0. The van der Waals surface area contributed by atoms with E-state index >= 15 is 0 Å². The van der Waals surface area contributed by atoms with Crippen molar-refractivity contribution in [2.75, 3.05) is 44.7 Å². The number of rotatable bonds is 5. The molecule has 144 valence electrons. The van der Waals surface area contributed by atoms with Crippen LogP contribution in [0.1, 0.15) is 0 Å². The minimum Gasteiger partial charge on any atom is -0.345 e. The Morgan fingerprint density at radius 1 is 1.00 bits per heavy atom. The number of nitrogens with zero attached hydrogens (tertiary/aromatic N) is 4. The molecular formula is C22H25N5O. The quantitative estimate of drug-likeness (QED) is 0.745. The first-order valence-corrected chi connectivity index (χ1v) is 9.59. The van der Waals surface area contributed by atoms with Crippen molar-refractivity contribution >= 4 is 17.3 Å². The predicted molar refractivity (Wildman–Crippen MR) is 112 cm³/mol. The van der Waals surface area contributed by atoms with Gasteiger partial charge in [0.25, 0.3) is 0 Å². The summed E-state index contributed by atoms with van der Waals surface area (Å²) in [4.78, 5) is 27.0. The first-order valence-electron chi connectivity index (χ1n) is 9.59. The maximum atomic E-state index is 13.3. The van der Waals surface area contributed by atoms with Crippen molar-refractivity contribution in [3.05, 3.63) is 67.0 Å². The van der Waals surface area contributed by atoms with Gasteiger partial charge >= 0.3 is 0 Å². The third-order valence-corrected chi connectivity index (χ3v) is 5.12. The minimum atomic E-state index is 0.0847. The summed E-state index contributed by atoms with van der Waals surface area (Å²) >= 11 is 0. The summed E-state index contributed by atoms with van der Waals surface area (Å²) in [6, 6.07) is 17.8. The number of amides is 1. The van der Waals surface area contributed by atoms with Crippen LogP contribution in [-0.2, 0) is 4.79 Å². The maximum Gasteiger partial charge on any atom is 0.245 e. The van der Waals surface area contributed by atoms with E-state index in [2.05, 4.69) is 26.8 Å². The van der Waals surface area contributed by atoms with Crippen LogP contribution in [-0.4, -0.2) is 65.4 Å². The van der Waals surface area contributed by atoms with E-state index < -0.39 is 0 Å². The summed E-state index contributed by atoms with van der Waals surface area (Å²) in [6.07, 6.45) is 3.54. The number of carbonyl (C=O) groups is 1. The lowest BCUT2D eigenvalue weighted by Gasteiger charge is -2.33. The highest BCUT2D eigenvalue weighted by atomic mass is 16.2. The number of H-pyrrole nitrogens is 1. The van der Waals surface area contributed by atoms with Crippen LogP contribution in [0.3, 0.4) is 0 Å². The summed E-state index contributed by atoms with van der Waals surface area (Å²) in [6.45, 7) is 4.25. The largest absolute Gasteiger partial charge is 0.345 e. The highest BCUT2D eigenvalue weighted by molar-refractivity contribution is 6.01. The Kier molecular flexibility index (Phi) is 5.50. The zero-order valence-corrected chi connectivity index (χ0v) is 16.1. The summed E-state index contributed by atoms with van der Waals surface area (Å²) in [5, 5.41) is 0. The first-order chi connectivity index (χ1) is 13.7. The highest BCUT2D eigenvalue weighted by Crippen LogP contribution is 2.27. The molecule has 1 aliphatic heterocycles. The summed E-state index contributed by atoms with van der Waals surface area (Å²) in [5.41, 5.74) is 2.74. The third kappa shape index (κ3) is 4.13. The SMILES string of the molecule is CN1CCN(CC(=O)N(c2ccccc2)c2ccc(-c3ncc[nH]3)cc2)CC1. The molecule has 28 heavy (non-hydrogen) atoms. The number of aromatic nitrogens is 2. The average molecular weight is 375 g/mol. The molecule has 2 aromatic carbocycles. The van der Waals surface area contributed by atoms with Crippen molar-refractivity contribution < 1.29 is 4.79 Å². The number of benzene rings is 2. The van der Waals surface area contributed by atoms with Gasteiger partial charge in [0.1, 0.15) is 5.82 Å². The minimum absolute atomic E-state index is 0.0847. The Balaban J connectivity index is 1.58. The van der Waals surface area contributed by atoms with Crippen LogP contribution in [0.15, 0.2) is 67.0 Å². The van der Waals surface area contributed by atoms with Gasteiger partial charge in [-0.1, -0.05) is 18.2 Å². The molecule has 0 unspecified atom stereocenters. The number of aromatic amines is 1. The van der Waals surface area contributed by atoms with Crippen LogP contribution >= 0.6 is 0 Å². The lowest BCUT2D eigenvalue weighted by molar-refractivity contribution is -0.119. The average Bonchev–Trinajstić information content (AvgIpc) is 3.26. The van der Waals surface area contributed by atoms with Crippen molar-refractivity contribution in [2.45, 2.75) is 0 Å². The van der Waals surface area contributed by atoms with E-state index in [1.165, 1.54) is 0 Å². The van der Waals surface area contributed by atoms with E-state index in [0.29, 0.717) is 6.54 Å². The second-order valence-corrected chi connectivity index (χ2v) is 7.13. The van der Waals surface area contributed by atoms with Crippen molar-refractivity contribution in [3.8, 4) is 11.4 Å². The molecular weight excluding hydrogens is 350 g/mol. The second kappa shape index (κ2) is 8.37. The van der Waals surface area contributed by atoms with Gasteiger partial charge < -0.3 is 9.88 Å². The molecule has 0 aliphatic carbocycles. The summed E-state index contributed by atoms with van der Waals surface area (Å²) in [7, 11) is 2.12. The number of imidazole rings is 1. The normalized spacial score (nSPS) is 15.5. The van der Waals surface area contributed by atoms with Crippen LogP contribution < -0.4 is 4.90 Å². The number of para-hydroxylation sites is 1. The van der Waals surface area contributed by atoms with Gasteiger partial charge in [0, 0.05) is 55.5 Å². The van der Waals surface area contributed by atoms with Gasteiger partial charge in [-0.3, -0.25) is 14.6 Å². The molecule has 0 atom stereocenters. The molecule has 0 bridgehead atoms. The topological polar surface area (TPSA) is 55.5 Å². The first kappa shape index (κ1) is 18.4. The van der Waals surface area contributed by atoms with Gasteiger partial charge in [-0.25, -0.2) is 4.98 Å². The third-order valence-electron chi connectivity index (χ3n) is 5.12.